The zero-order valence-corrected chi connectivity index (χ0v) is 9.61. The lowest BCUT2D eigenvalue weighted by Gasteiger charge is -2.03. The van der Waals surface area contributed by atoms with Gasteiger partial charge in [0.15, 0.2) is 0 Å². The van der Waals surface area contributed by atoms with Crippen molar-refractivity contribution in [2.24, 2.45) is 0 Å². The van der Waals surface area contributed by atoms with Crippen LogP contribution in [0, 0.1) is 0 Å². The molecule has 0 heterocycles. The van der Waals surface area contributed by atoms with Crippen molar-refractivity contribution in [3.05, 3.63) is 35.9 Å². The predicted molar refractivity (Wildman–Crippen MR) is 63.3 cm³/mol. The molecule has 96 valence electrons. The van der Waals surface area contributed by atoms with Crippen LogP contribution in [-0.4, -0.2) is 18.6 Å². The molecule has 1 saturated carbocycles. The highest BCUT2D eigenvalue weighted by atomic mass is 19.3. The van der Waals surface area contributed by atoms with E-state index in [-0.39, 0.29) is 11.7 Å². The fourth-order valence-corrected chi connectivity index (χ4v) is 1.41. The lowest BCUT2D eigenvalue weighted by Crippen LogP contribution is -2.22. The Bertz CT molecular complexity index is 439. The molecule has 1 aromatic carbocycles. The first-order chi connectivity index (χ1) is 8.63. The van der Waals surface area contributed by atoms with Crippen molar-refractivity contribution in [3.63, 3.8) is 0 Å². The summed E-state index contributed by atoms with van der Waals surface area (Å²) in [6, 6.07) is 6.41. The van der Waals surface area contributed by atoms with E-state index >= 15 is 0 Å². The van der Waals surface area contributed by atoms with E-state index in [0.29, 0.717) is 6.04 Å². The molecule has 1 amide bonds. The van der Waals surface area contributed by atoms with Crippen LogP contribution in [0.4, 0.5) is 8.78 Å². The minimum atomic E-state index is -2.82. The van der Waals surface area contributed by atoms with Gasteiger partial charge in [-0.3, -0.25) is 4.79 Å². The minimum absolute atomic E-state index is 0.101. The highest BCUT2D eigenvalue weighted by Crippen LogP contribution is 2.18. The number of benzene rings is 1. The number of hydrogen-bond acceptors (Lipinski definition) is 2. The topological polar surface area (TPSA) is 38.3 Å². The van der Waals surface area contributed by atoms with Crippen molar-refractivity contribution in [1.82, 2.24) is 5.32 Å². The molecule has 1 fully saturated rings. The summed E-state index contributed by atoms with van der Waals surface area (Å²) in [6.07, 6.45) is 5.14. The van der Waals surface area contributed by atoms with Gasteiger partial charge in [0.1, 0.15) is 5.75 Å². The van der Waals surface area contributed by atoms with Gasteiger partial charge in [-0.05, 0) is 36.6 Å². The normalized spacial score (nSPS) is 15.1. The summed E-state index contributed by atoms with van der Waals surface area (Å²) in [5.74, 6) is -0.0324. The van der Waals surface area contributed by atoms with Gasteiger partial charge in [0, 0.05) is 12.1 Å². The summed E-state index contributed by atoms with van der Waals surface area (Å²) in [5, 5.41) is 2.81. The zero-order chi connectivity index (χ0) is 13.0. The third-order valence-electron chi connectivity index (χ3n) is 2.46. The second-order valence-corrected chi connectivity index (χ2v) is 4.06. The molecule has 18 heavy (non-hydrogen) atoms. The quantitative estimate of drug-likeness (QED) is 0.819. The van der Waals surface area contributed by atoms with E-state index in [2.05, 4.69) is 10.1 Å². The van der Waals surface area contributed by atoms with Crippen LogP contribution < -0.4 is 10.1 Å². The molecule has 0 aliphatic heterocycles. The van der Waals surface area contributed by atoms with E-state index in [4.69, 9.17) is 0 Å². The van der Waals surface area contributed by atoms with Crippen molar-refractivity contribution in [3.8, 4) is 5.75 Å². The molecule has 5 heteroatoms. The van der Waals surface area contributed by atoms with Crippen LogP contribution >= 0.6 is 0 Å². The maximum absolute atomic E-state index is 11.9. The Kier molecular flexibility index (Phi) is 3.92. The fourth-order valence-electron chi connectivity index (χ4n) is 1.41. The molecule has 1 aromatic rings. The van der Waals surface area contributed by atoms with E-state index in [1.807, 2.05) is 0 Å². The Morgan fingerprint density at radius 1 is 1.33 bits per heavy atom. The first kappa shape index (κ1) is 12.5. The average Bonchev–Trinajstić information content (AvgIpc) is 3.11. The Balaban J connectivity index is 1.88. The molecule has 0 aromatic heterocycles. The maximum Gasteiger partial charge on any atom is 0.387 e. The summed E-state index contributed by atoms with van der Waals surface area (Å²) in [4.78, 5) is 11.4. The van der Waals surface area contributed by atoms with Crippen LogP contribution in [0.5, 0.6) is 5.75 Å². The second kappa shape index (κ2) is 5.62. The smallest absolute Gasteiger partial charge is 0.387 e. The van der Waals surface area contributed by atoms with Gasteiger partial charge in [-0.25, -0.2) is 0 Å². The number of ether oxygens (including phenoxy) is 1. The number of hydrogen-bond donors (Lipinski definition) is 1. The molecular weight excluding hydrogens is 240 g/mol. The molecule has 0 bridgehead atoms. The summed E-state index contributed by atoms with van der Waals surface area (Å²) >= 11 is 0. The van der Waals surface area contributed by atoms with Crippen molar-refractivity contribution >= 4 is 12.0 Å². The van der Waals surface area contributed by atoms with Gasteiger partial charge in [-0.1, -0.05) is 12.1 Å². The molecule has 1 aliphatic rings. The van der Waals surface area contributed by atoms with Crippen LogP contribution in [0.25, 0.3) is 6.08 Å². The van der Waals surface area contributed by atoms with Crippen molar-refractivity contribution < 1.29 is 18.3 Å². The van der Waals surface area contributed by atoms with Gasteiger partial charge >= 0.3 is 6.61 Å². The largest absolute Gasteiger partial charge is 0.435 e. The van der Waals surface area contributed by atoms with E-state index in [0.717, 1.165) is 18.4 Å². The number of alkyl halides is 2. The second-order valence-electron chi connectivity index (χ2n) is 4.06. The van der Waals surface area contributed by atoms with E-state index in [1.165, 1.54) is 18.2 Å². The third kappa shape index (κ3) is 4.16. The summed E-state index contributed by atoms with van der Waals surface area (Å²) in [5.41, 5.74) is 0.752. The summed E-state index contributed by atoms with van der Waals surface area (Å²) < 4.78 is 28.0. The molecule has 0 unspecified atom stereocenters. The lowest BCUT2D eigenvalue weighted by molar-refractivity contribution is -0.116. The van der Waals surface area contributed by atoms with Gasteiger partial charge in [0.05, 0.1) is 0 Å². The molecule has 3 nitrogen and oxygen atoms in total. The first-order valence-electron chi connectivity index (χ1n) is 5.67. The summed E-state index contributed by atoms with van der Waals surface area (Å²) in [7, 11) is 0. The molecule has 0 radical (unpaired) electrons. The molecule has 0 atom stereocenters. The van der Waals surface area contributed by atoms with Gasteiger partial charge in [-0.2, -0.15) is 8.78 Å². The van der Waals surface area contributed by atoms with Gasteiger partial charge in [0.2, 0.25) is 5.91 Å². The minimum Gasteiger partial charge on any atom is -0.435 e. The van der Waals surface area contributed by atoms with Crippen LogP contribution in [-0.2, 0) is 4.79 Å². The summed E-state index contributed by atoms with van der Waals surface area (Å²) in [6.45, 7) is -2.82. The first-order valence-corrected chi connectivity index (χ1v) is 5.67. The number of amides is 1. The molecular formula is C13H13F2NO2. The monoisotopic (exact) mass is 253 g/mol. The van der Waals surface area contributed by atoms with E-state index < -0.39 is 6.61 Å². The average molecular weight is 253 g/mol. The lowest BCUT2D eigenvalue weighted by atomic mass is 10.2. The van der Waals surface area contributed by atoms with Crippen molar-refractivity contribution in [1.29, 1.82) is 0 Å². The van der Waals surface area contributed by atoms with Gasteiger partial charge in [-0.15, -0.1) is 0 Å². The Labute approximate surface area is 103 Å². The van der Waals surface area contributed by atoms with E-state index in [9.17, 15) is 13.6 Å². The molecule has 0 spiro atoms. The Hall–Kier alpha value is -1.91. The number of rotatable bonds is 5. The van der Waals surface area contributed by atoms with Crippen LogP contribution in [0.2, 0.25) is 0 Å². The standard InChI is InChI=1S/C13H13F2NO2/c14-13(15)18-11-6-1-9(2-7-11)3-8-12(17)16-10-4-5-10/h1-3,6-8,10,13H,4-5H2,(H,16,17). The van der Waals surface area contributed by atoms with Crippen LogP contribution in [0.15, 0.2) is 30.3 Å². The number of carbonyl (C=O) groups is 1. The molecule has 0 saturated heterocycles. The predicted octanol–water partition coefficient (Wildman–Crippen LogP) is 2.58. The number of halogens is 2. The van der Waals surface area contributed by atoms with E-state index in [1.54, 1.807) is 18.2 Å². The van der Waals surface area contributed by atoms with Gasteiger partial charge in [0.25, 0.3) is 0 Å². The Morgan fingerprint density at radius 2 is 2.00 bits per heavy atom. The number of carbonyl (C=O) groups excluding carboxylic acids is 1. The van der Waals surface area contributed by atoms with Gasteiger partial charge < -0.3 is 10.1 Å². The Morgan fingerprint density at radius 3 is 2.56 bits per heavy atom. The third-order valence-corrected chi connectivity index (χ3v) is 2.46. The van der Waals surface area contributed by atoms with Crippen molar-refractivity contribution in [2.75, 3.05) is 0 Å². The molecule has 1 N–H and O–H groups in total. The maximum atomic E-state index is 11.9. The number of nitrogens with one attached hydrogen (secondary N) is 1. The molecule has 1 aliphatic carbocycles. The van der Waals surface area contributed by atoms with Crippen LogP contribution in [0.3, 0.4) is 0 Å². The van der Waals surface area contributed by atoms with Crippen LogP contribution in [0.1, 0.15) is 18.4 Å². The zero-order valence-electron chi connectivity index (χ0n) is 9.61. The van der Waals surface area contributed by atoms with Crippen molar-refractivity contribution in [2.45, 2.75) is 25.5 Å². The highest BCUT2D eigenvalue weighted by Gasteiger charge is 2.21. The highest BCUT2D eigenvalue weighted by molar-refractivity contribution is 5.92. The molecule has 2 rings (SSSR count). The fraction of sp³-hybridized carbons (Fsp3) is 0.308. The SMILES string of the molecule is O=C(C=Cc1ccc(OC(F)F)cc1)NC1CC1.